The first-order chi connectivity index (χ1) is 12.2. The van der Waals surface area contributed by atoms with Gasteiger partial charge in [-0.25, -0.2) is 15.4 Å². The van der Waals surface area contributed by atoms with Crippen LogP contribution in [0.15, 0.2) is 10.3 Å². The molecule has 1 N–H and O–H groups in total. The van der Waals surface area contributed by atoms with Crippen LogP contribution < -0.4 is 5.43 Å². The van der Waals surface area contributed by atoms with Gasteiger partial charge in [0.15, 0.2) is 5.16 Å². The van der Waals surface area contributed by atoms with Crippen LogP contribution in [0.5, 0.6) is 0 Å². The minimum Gasteiger partial charge on any atom is -0.273 e. The summed E-state index contributed by atoms with van der Waals surface area (Å²) in [4.78, 5) is 21.3. The van der Waals surface area contributed by atoms with Gasteiger partial charge in [-0.2, -0.15) is 5.10 Å². The summed E-state index contributed by atoms with van der Waals surface area (Å²) >= 11 is 1.54. The van der Waals surface area contributed by atoms with Gasteiger partial charge in [0.1, 0.15) is 0 Å². The van der Waals surface area contributed by atoms with Crippen LogP contribution in [0.1, 0.15) is 63.4 Å². The van der Waals surface area contributed by atoms with Gasteiger partial charge in [0.2, 0.25) is 5.91 Å². The van der Waals surface area contributed by atoms with Gasteiger partial charge in [0, 0.05) is 28.9 Å². The normalized spacial score (nSPS) is 27.9. The lowest BCUT2D eigenvalue weighted by molar-refractivity contribution is -0.121. The Labute approximate surface area is 160 Å². The van der Waals surface area contributed by atoms with Crippen molar-refractivity contribution in [2.75, 3.05) is 6.26 Å². The van der Waals surface area contributed by atoms with Crippen LogP contribution in [0.25, 0.3) is 0 Å². The monoisotopic (exact) mass is 374 g/mol. The van der Waals surface area contributed by atoms with Crippen LogP contribution in [0.2, 0.25) is 0 Å². The highest BCUT2D eigenvalue weighted by atomic mass is 32.2. The maximum absolute atomic E-state index is 12.3. The molecule has 0 saturated heterocycles. The number of hydrogen-bond acceptors (Lipinski definition) is 5. The molecule has 5 nitrogen and oxygen atoms in total. The van der Waals surface area contributed by atoms with Gasteiger partial charge in [0.05, 0.1) is 0 Å². The Hall–Kier alpha value is -1.43. The van der Waals surface area contributed by atoms with E-state index in [1.54, 1.807) is 0 Å². The zero-order chi connectivity index (χ0) is 19.1. The Morgan fingerprint density at radius 1 is 1.27 bits per heavy atom. The van der Waals surface area contributed by atoms with Crippen LogP contribution in [-0.2, 0) is 11.2 Å². The zero-order valence-electron chi connectivity index (χ0n) is 16.8. The summed E-state index contributed by atoms with van der Waals surface area (Å²) in [6.45, 7) is 11.0. The second-order valence-electron chi connectivity index (χ2n) is 8.45. The van der Waals surface area contributed by atoms with E-state index in [-0.39, 0.29) is 16.7 Å². The average Bonchev–Trinajstić information content (AvgIpc) is 2.92. The smallest absolute Gasteiger partial charge is 0.240 e. The van der Waals surface area contributed by atoms with Crippen molar-refractivity contribution in [3.8, 4) is 0 Å². The number of aryl methyl sites for hydroxylation is 2. The first-order valence-electron chi connectivity index (χ1n) is 9.43. The summed E-state index contributed by atoms with van der Waals surface area (Å²) in [7, 11) is 0. The van der Waals surface area contributed by atoms with E-state index in [0.717, 1.165) is 28.5 Å². The third-order valence-corrected chi connectivity index (χ3v) is 7.56. The maximum atomic E-state index is 12.3. The average molecular weight is 375 g/mol. The number of hydrogen-bond donors (Lipinski definition) is 1. The molecule has 1 aromatic heterocycles. The van der Waals surface area contributed by atoms with Crippen LogP contribution >= 0.6 is 11.8 Å². The molecule has 0 unspecified atom stereocenters. The fourth-order valence-corrected chi connectivity index (χ4v) is 5.14. The summed E-state index contributed by atoms with van der Waals surface area (Å²) in [6, 6.07) is 0. The van der Waals surface area contributed by atoms with Crippen LogP contribution in [0, 0.1) is 30.6 Å². The van der Waals surface area contributed by atoms with Gasteiger partial charge in [-0.3, -0.25) is 4.79 Å². The van der Waals surface area contributed by atoms with Crippen molar-refractivity contribution in [1.29, 1.82) is 0 Å². The van der Waals surface area contributed by atoms with E-state index in [0.29, 0.717) is 18.8 Å². The highest BCUT2D eigenvalue weighted by Crippen LogP contribution is 2.63. The molecule has 1 amide bonds. The number of fused-ring (bicyclic) bond motifs is 2. The highest BCUT2D eigenvalue weighted by Gasteiger charge is 2.59. The molecular formula is C20H30N4OS. The zero-order valence-corrected chi connectivity index (χ0v) is 17.6. The molecule has 0 aromatic carbocycles. The largest absolute Gasteiger partial charge is 0.273 e. The fraction of sp³-hybridized carbons (Fsp3) is 0.700. The number of aromatic nitrogens is 2. The van der Waals surface area contributed by atoms with E-state index in [2.05, 4.69) is 41.3 Å². The predicted octanol–water partition coefficient (Wildman–Crippen LogP) is 4.07. The molecule has 142 valence electrons. The van der Waals surface area contributed by atoms with E-state index in [1.165, 1.54) is 30.3 Å². The molecule has 26 heavy (non-hydrogen) atoms. The van der Waals surface area contributed by atoms with E-state index in [4.69, 9.17) is 0 Å². The molecule has 2 fully saturated rings. The molecule has 3 rings (SSSR count). The van der Waals surface area contributed by atoms with Crippen LogP contribution in [0.4, 0.5) is 0 Å². The maximum Gasteiger partial charge on any atom is 0.240 e. The third kappa shape index (κ3) is 3.17. The van der Waals surface area contributed by atoms with Crippen molar-refractivity contribution >= 4 is 23.4 Å². The van der Waals surface area contributed by atoms with Crippen molar-refractivity contribution in [2.24, 2.45) is 21.8 Å². The number of nitrogens with one attached hydrogen (secondary N) is 1. The summed E-state index contributed by atoms with van der Waals surface area (Å²) < 4.78 is 0. The Bertz CT molecular complexity index is 735. The summed E-state index contributed by atoms with van der Waals surface area (Å²) in [5.74, 6) is 0.662. The fourth-order valence-electron chi connectivity index (χ4n) is 4.68. The predicted molar refractivity (Wildman–Crippen MR) is 106 cm³/mol. The van der Waals surface area contributed by atoms with Gasteiger partial charge in [-0.1, -0.05) is 32.5 Å². The molecule has 0 radical (unpaired) electrons. The van der Waals surface area contributed by atoms with E-state index in [1.807, 2.05) is 20.1 Å². The quantitative estimate of drug-likeness (QED) is 0.479. The number of amides is 1. The van der Waals surface area contributed by atoms with Crippen LogP contribution in [0.3, 0.4) is 0 Å². The number of rotatable bonds is 5. The van der Waals surface area contributed by atoms with E-state index in [9.17, 15) is 4.79 Å². The Balaban J connectivity index is 1.61. The molecule has 1 heterocycles. The molecule has 0 spiro atoms. The molecule has 1 aromatic rings. The molecule has 2 atom stereocenters. The molecule has 0 aliphatic heterocycles. The summed E-state index contributed by atoms with van der Waals surface area (Å²) in [5, 5.41) is 5.32. The highest BCUT2D eigenvalue weighted by molar-refractivity contribution is 7.98. The topological polar surface area (TPSA) is 67.2 Å². The minimum atomic E-state index is -0.0329. The van der Waals surface area contributed by atoms with Crippen molar-refractivity contribution in [2.45, 2.75) is 71.9 Å². The van der Waals surface area contributed by atoms with Gasteiger partial charge < -0.3 is 0 Å². The van der Waals surface area contributed by atoms with Gasteiger partial charge >= 0.3 is 0 Å². The lowest BCUT2D eigenvalue weighted by Crippen LogP contribution is -2.34. The molecule has 6 heteroatoms. The van der Waals surface area contributed by atoms with Gasteiger partial charge in [0.25, 0.3) is 0 Å². The molecular weight excluding hydrogens is 344 g/mol. The number of carbonyl (C=O) groups excluding carboxylic acids is 1. The first-order valence-corrected chi connectivity index (χ1v) is 10.7. The molecule has 2 aliphatic rings. The van der Waals surface area contributed by atoms with Gasteiger partial charge in [-0.05, 0) is 62.7 Å². The number of hydrazone groups is 1. The Morgan fingerprint density at radius 2 is 1.92 bits per heavy atom. The molecule has 2 saturated carbocycles. The van der Waals surface area contributed by atoms with Crippen molar-refractivity contribution in [1.82, 2.24) is 15.4 Å². The SMILES string of the molecule is CSc1nc(C)c(CCC(=O)N/N=C2/C[C@H]3CC[C@]2(C)C3(C)C)c(C)n1. The molecule has 2 aliphatic carbocycles. The Morgan fingerprint density at radius 3 is 2.42 bits per heavy atom. The standard InChI is InChI=1S/C20H30N4OS/c1-12-15(13(2)22-18(21-12)26-6)7-8-17(25)24-23-16-11-14-9-10-20(16,5)19(14,3)4/h14H,7-11H2,1-6H3,(H,24,25)/b23-16-/t14-,20+/m1/s1. The summed E-state index contributed by atoms with van der Waals surface area (Å²) in [5.41, 5.74) is 7.38. The second-order valence-corrected chi connectivity index (χ2v) is 9.22. The number of thioether (sulfide) groups is 1. The second kappa shape index (κ2) is 6.95. The third-order valence-electron chi connectivity index (χ3n) is 7.01. The number of carbonyl (C=O) groups is 1. The van der Waals surface area contributed by atoms with Crippen LogP contribution in [-0.4, -0.2) is 27.8 Å². The summed E-state index contributed by atoms with van der Waals surface area (Å²) in [6.07, 6.45) is 6.50. The first kappa shape index (κ1) is 19.3. The minimum absolute atomic E-state index is 0.0329. The van der Waals surface area contributed by atoms with E-state index < -0.39 is 0 Å². The molecule has 2 bridgehead atoms. The van der Waals surface area contributed by atoms with Gasteiger partial charge in [-0.15, -0.1) is 0 Å². The number of nitrogens with zero attached hydrogens (tertiary/aromatic N) is 3. The van der Waals surface area contributed by atoms with Crippen molar-refractivity contribution in [3.63, 3.8) is 0 Å². The Kier molecular flexibility index (Phi) is 5.17. The lowest BCUT2D eigenvalue weighted by atomic mass is 9.70. The van der Waals surface area contributed by atoms with E-state index >= 15 is 0 Å². The van der Waals surface area contributed by atoms with Crippen molar-refractivity contribution in [3.05, 3.63) is 17.0 Å². The lowest BCUT2D eigenvalue weighted by Gasteiger charge is -2.34. The van der Waals surface area contributed by atoms with Crippen molar-refractivity contribution < 1.29 is 4.79 Å².